The molecule has 19 heavy (non-hydrogen) atoms. The maximum Gasteiger partial charge on any atom is 0.317 e. The summed E-state index contributed by atoms with van der Waals surface area (Å²) < 4.78 is 11.2. The molecule has 0 fully saturated rings. The smallest absolute Gasteiger partial charge is 0.317 e. The highest BCUT2D eigenvalue weighted by atomic mass is 32.2. The molecular formula is C12H24N2O4S. The van der Waals surface area contributed by atoms with E-state index in [1.807, 2.05) is 20.8 Å². The first-order valence-corrected chi connectivity index (χ1v) is 7.96. The second kappa shape index (κ2) is 8.90. The fourth-order valence-corrected chi connectivity index (χ4v) is 1.91. The first-order valence-electron chi connectivity index (χ1n) is 6.34. The summed E-state index contributed by atoms with van der Waals surface area (Å²) in [6.07, 6.45) is 2.21. The Kier molecular flexibility index (Phi) is 8.38. The molecule has 0 bridgehead atoms. The van der Waals surface area contributed by atoms with Crippen LogP contribution in [0.4, 0.5) is 4.79 Å². The van der Waals surface area contributed by atoms with Gasteiger partial charge in [-0.05, 0) is 20.3 Å². The molecule has 0 heterocycles. The van der Waals surface area contributed by atoms with Gasteiger partial charge in [-0.3, -0.25) is 9.00 Å². The number of hydrogen-bond donors (Lipinski definition) is 2. The molecule has 0 aliphatic heterocycles. The van der Waals surface area contributed by atoms with E-state index in [4.69, 9.17) is 5.11 Å². The molecule has 2 atom stereocenters. The first kappa shape index (κ1) is 17.9. The van der Waals surface area contributed by atoms with Gasteiger partial charge in [-0.25, -0.2) is 4.79 Å². The summed E-state index contributed by atoms with van der Waals surface area (Å²) in [4.78, 5) is 23.9. The molecule has 0 aromatic heterocycles. The van der Waals surface area contributed by atoms with Crippen molar-refractivity contribution in [3.05, 3.63) is 0 Å². The Hall–Kier alpha value is -1.11. The molecule has 0 aliphatic rings. The van der Waals surface area contributed by atoms with Crippen LogP contribution < -0.4 is 5.32 Å². The SMILES string of the molecule is CC(C)N(CCC(=O)O)C(=O)NCCC(C)S(C)=O. The number of amides is 2. The van der Waals surface area contributed by atoms with Crippen LogP contribution in [0, 0.1) is 0 Å². The van der Waals surface area contributed by atoms with Gasteiger partial charge in [0.1, 0.15) is 0 Å². The van der Waals surface area contributed by atoms with Crippen LogP contribution >= 0.6 is 0 Å². The highest BCUT2D eigenvalue weighted by Crippen LogP contribution is 2.02. The highest BCUT2D eigenvalue weighted by molar-refractivity contribution is 7.84. The van der Waals surface area contributed by atoms with Gasteiger partial charge in [0.25, 0.3) is 0 Å². The molecule has 0 aromatic carbocycles. The van der Waals surface area contributed by atoms with Gasteiger partial charge >= 0.3 is 12.0 Å². The van der Waals surface area contributed by atoms with E-state index in [1.54, 1.807) is 6.26 Å². The van der Waals surface area contributed by atoms with Crippen LogP contribution in [0.25, 0.3) is 0 Å². The number of urea groups is 1. The van der Waals surface area contributed by atoms with E-state index in [2.05, 4.69) is 5.32 Å². The van der Waals surface area contributed by atoms with Gasteiger partial charge in [0, 0.05) is 41.4 Å². The van der Waals surface area contributed by atoms with Gasteiger partial charge in [0.2, 0.25) is 0 Å². The Morgan fingerprint density at radius 2 is 1.89 bits per heavy atom. The highest BCUT2D eigenvalue weighted by Gasteiger charge is 2.17. The average molecular weight is 292 g/mol. The van der Waals surface area contributed by atoms with E-state index in [1.165, 1.54) is 4.90 Å². The van der Waals surface area contributed by atoms with Gasteiger partial charge < -0.3 is 15.3 Å². The first-order chi connectivity index (χ1) is 8.75. The fourth-order valence-electron chi connectivity index (χ4n) is 1.46. The van der Waals surface area contributed by atoms with Crippen molar-refractivity contribution in [2.24, 2.45) is 0 Å². The lowest BCUT2D eigenvalue weighted by molar-refractivity contribution is -0.137. The van der Waals surface area contributed by atoms with E-state index in [9.17, 15) is 13.8 Å². The number of carbonyl (C=O) groups is 2. The number of hydrogen-bond acceptors (Lipinski definition) is 3. The molecule has 0 aliphatic carbocycles. The van der Waals surface area contributed by atoms with Crippen LogP contribution in [0.1, 0.15) is 33.6 Å². The zero-order chi connectivity index (χ0) is 15.0. The number of carboxylic acid groups (broad SMARTS) is 1. The van der Waals surface area contributed by atoms with Crippen LogP contribution in [0.3, 0.4) is 0 Å². The molecule has 0 saturated carbocycles. The quantitative estimate of drug-likeness (QED) is 0.700. The third kappa shape index (κ3) is 7.81. The maximum absolute atomic E-state index is 11.9. The Morgan fingerprint density at radius 1 is 1.32 bits per heavy atom. The Balaban J connectivity index is 4.18. The van der Waals surface area contributed by atoms with Crippen molar-refractivity contribution in [1.29, 1.82) is 0 Å². The van der Waals surface area contributed by atoms with E-state index in [0.29, 0.717) is 13.0 Å². The van der Waals surface area contributed by atoms with Gasteiger partial charge in [0.05, 0.1) is 6.42 Å². The zero-order valence-corrected chi connectivity index (χ0v) is 12.8. The topological polar surface area (TPSA) is 86.7 Å². The monoisotopic (exact) mass is 292 g/mol. The predicted octanol–water partition coefficient (Wildman–Crippen LogP) is 1.04. The zero-order valence-electron chi connectivity index (χ0n) is 12.0. The predicted molar refractivity (Wildman–Crippen MR) is 75.6 cm³/mol. The molecule has 112 valence electrons. The number of nitrogens with one attached hydrogen (secondary N) is 1. The molecule has 2 unspecified atom stereocenters. The van der Waals surface area contributed by atoms with Gasteiger partial charge in [-0.2, -0.15) is 0 Å². The summed E-state index contributed by atoms with van der Waals surface area (Å²) in [6, 6.07) is -0.331. The third-order valence-electron chi connectivity index (χ3n) is 2.84. The fraction of sp³-hybridized carbons (Fsp3) is 0.833. The molecule has 0 rings (SSSR count). The van der Waals surface area contributed by atoms with Crippen LogP contribution in [0.5, 0.6) is 0 Å². The molecule has 2 amide bonds. The Bertz CT molecular complexity index is 334. The Morgan fingerprint density at radius 3 is 2.32 bits per heavy atom. The molecular weight excluding hydrogens is 268 g/mol. The van der Waals surface area contributed by atoms with Crippen molar-refractivity contribution in [3.63, 3.8) is 0 Å². The molecule has 0 aromatic rings. The summed E-state index contributed by atoms with van der Waals surface area (Å²) in [6.45, 7) is 6.17. The number of nitrogens with zero attached hydrogens (tertiary/aromatic N) is 1. The summed E-state index contributed by atoms with van der Waals surface area (Å²) in [5, 5.41) is 11.4. The minimum absolute atomic E-state index is 0.0341. The van der Waals surface area contributed by atoms with Crippen molar-refractivity contribution in [2.75, 3.05) is 19.3 Å². The standard InChI is InChI=1S/C12H24N2O4S/c1-9(2)14(8-6-11(15)16)12(17)13-7-5-10(3)19(4)18/h9-10H,5-8H2,1-4H3,(H,13,17)(H,15,16). The Labute approximate surface area is 117 Å². The second-order valence-corrected chi connectivity index (χ2v) is 6.56. The van der Waals surface area contributed by atoms with Gasteiger partial charge in [-0.15, -0.1) is 0 Å². The van der Waals surface area contributed by atoms with Gasteiger partial charge in [0.15, 0.2) is 0 Å². The van der Waals surface area contributed by atoms with Crippen molar-refractivity contribution < 1.29 is 18.9 Å². The lowest BCUT2D eigenvalue weighted by atomic mass is 10.3. The maximum atomic E-state index is 11.9. The van der Waals surface area contributed by atoms with E-state index < -0.39 is 16.8 Å². The number of carboxylic acids is 1. The molecule has 7 heteroatoms. The van der Waals surface area contributed by atoms with Crippen LogP contribution in [0.2, 0.25) is 0 Å². The lowest BCUT2D eigenvalue weighted by Crippen LogP contribution is -2.45. The molecule has 0 spiro atoms. The average Bonchev–Trinajstić information content (AvgIpc) is 2.27. The normalized spacial score (nSPS) is 13.9. The van der Waals surface area contributed by atoms with E-state index in [-0.39, 0.29) is 30.3 Å². The van der Waals surface area contributed by atoms with E-state index in [0.717, 1.165) is 0 Å². The largest absolute Gasteiger partial charge is 0.481 e. The third-order valence-corrected chi connectivity index (χ3v) is 4.21. The molecule has 6 nitrogen and oxygen atoms in total. The lowest BCUT2D eigenvalue weighted by Gasteiger charge is -2.26. The summed E-state index contributed by atoms with van der Waals surface area (Å²) in [5.41, 5.74) is 0. The van der Waals surface area contributed by atoms with Crippen LogP contribution in [-0.4, -0.2) is 56.9 Å². The number of aliphatic carboxylic acids is 1. The molecule has 2 N–H and O–H groups in total. The van der Waals surface area contributed by atoms with Crippen LogP contribution in [-0.2, 0) is 15.6 Å². The van der Waals surface area contributed by atoms with Crippen molar-refractivity contribution in [1.82, 2.24) is 10.2 Å². The number of carbonyl (C=O) groups excluding carboxylic acids is 1. The summed E-state index contributed by atoms with van der Waals surface area (Å²) >= 11 is 0. The molecule has 0 radical (unpaired) electrons. The number of rotatable bonds is 8. The van der Waals surface area contributed by atoms with E-state index >= 15 is 0 Å². The van der Waals surface area contributed by atoms with Crippen molar-refractivity contribution in [2.45, 2.75) is 44.9 Å². The van der Waals surface area contributed by atoms with Crippen molar-refractivity contribution in [3.8, 4) is 0 Å². The molecule has 0 saturated heterocycles. The van der Waals surface area contributed by atoms with Gasteiger partial charge in [-0.1, -0.05) is 6.92 Å². The van der Waals surface area contributed by atoms with Crippen molar-refractivity contribution >= 4 is 22.8 Å². The summed E-state index contributed by atoms with van der Waals surface area (Å²) in [5.74, 6) is -0.923. The summed E-state index contributed by atoms with van der Waals surface area (Å²) in [7, 11) is -0.897. The minimum Gasteiger partial charge on any atom is -0.481 e. The van der Waals surface area contributed by atoms with Crippen LogP contribution in [0.15, 0.2) is 0 Å². The second-order valence-electron chi connectivity index (χ2n) is 4.76. The minimum atomic E-state index is -0.923.